The Bertz CT molecular complexity index is 1560. The maximum atomic E-state index is 12.8. The number of benzene rings is 2. The van der Waals surface area contributed by atoms with Gasteiger partial charge in [0.05, 0.1) is 29.2 Å². The molecule has 6 rings (SSSR count). The molecular weight excluding hydrogens is 492 g/mol. The number of hydrogen-bond donors (Lipinski definition) is 0. The van der Waals surface area contributed by atoms with Gasteiger partial charge in [0.2, 0.25) is 5.91 Å². The Labute approximate surface area is 215 Å². The fourth-order valence-electron chi connectivity index (χ4n) is 4.29. The van der Waals surface area contributed by atoms with Crippen molar-refractivity contribution in [3.05, 3.63) is 113 Å². The maximum Gasteiger partial charge on any atom is 0.269 e. The van der Waals surface area contributed by atoms with Gasteiger partial charge in [-0.25, -0.2) is 4.68 Å². The van der Waals surface area contributed by atoms with E-state index in [-0.39, 0.29) is 17.0 Å². The molecule has 5 aromatic rings. The first-order chi connectivity index (χ1) is 18.1. The highest BCUT2D eigenvalue weighted by Gasteiger charge is 2.37. The van der Waals surface area contributed by atoms with Crippen LogP contribution in [0.4, 0.5) is 5.69 Å². The average molecular weight is 513 g/mol. The van der Waals surface area contributed by atoms with Crippen LogP contribution in [0.25, 0.3) is 28.5 Å². The second-order valence-corrected chi connectivity index (χ2v) is 9.51. The third-order valence-corrected chi connectivity index (χ3v) is 7.34. The highest BCUT2D eigenvalue weighted by atomic mass is 32.2. The number of nitro benzene ring substituents is 1. The molecule has 1 fully saturated rings. The lowest BCUT2D eigenvalue weighted by Gasteiger charge is -2.22. The normalized spacial score (nSPS) is 15.4. The van der Waals surface area contributed by atoms with Gasteiger partial charge < -0.3 is 13.7 Å². The predicted molar refractivity (Wildman–Crippen MR) is 138 cm³/mol. The summed E-state index contributed by atoms with van der Waals surface area (Å²) >= 11 is 1.53. The fraction of sp³-hybridized carbons (Fsp3) is 0.111. The maximum absolute atomic E-state index is 12.8. The summed E-state index contributed by atoms with van der Waals surface area (Å²) in [4.78, 5) is 25.2. The molecular formula is C27H20N4O5S. The van der Waals surface area contributed by atoms with E-state index in [2.05, 4.69) is 0 Å². The van der Waals surface area contributed by atoms with Gasteiger partial charge in [0.25, 0.3) is 5.69 Å². The smallest absolute Gasteiger partial charge is 0.269 e. The SMILES string of the molecule is O=C1CSC(c2cn(-c3ccccc3)nc2-c2ccc(-c3ccc([N+](=O)[O-])cc3)o2)N1Cc1ccco1. The molecule has 1 saturated heterocycles. The Morgan fingerprint density at radius 1 is 1.00 bits per heavy atom. The Kier molecular flexibility index (Phi) is 5.85. The molecule has 4 heterocycles. The number of para-hydroxylation sites is 1. The lowest BCUT2D eigenvalue weighted by Crippen LogP contribution is -2.27. The van der Waals surface area contributed by atoms with Gasteiger partial charge >= 0.3 is 0 Å². The molecule has 1 amide bonds. The van der Waals surface area contributed by atoms with Crippen LogP contribution < -0.4 is 0 Å². The van der Waals surface area contributed by atoms with Crippen LogP contribution in [-0.4, -0.2) is 31.3 Å². The average Bonchev–Trinajstić information content (AvgIpc) is 3.73. The number of hydrogen-bond acceptors (Lipinski definition) is 7. The van der Waals surface area contributed by atoms with E-state index in [1.54, 1.807) is 34.0 Å². The monoisotopic (exact) mass is 512 g/mol. The quantitative estimate of drug-likeness (QED) is 0.192. The van der Waals surface area contributed by atoms with Gasteiger partial charge in [-0.3, -0.25) is 14.9 Å². The first kappa shape index (κ1) is 22.9. The van der Waals surface area contributed by atoms with E-state index < -0.39 is 4.92 Å². The van der Waals surface area contributed by atoms with E-state index in [4.69, 9.17) is 13.9 Å². The summed E-state index contributed by atoms with van der Waals surface area (Å²) in [6.07, 6.45) is 3.53. The molecule has 1 unspecified atom stereocenters. The number of non-ortho nitro benzene ring substituents is 1. The van der Waals surface area contributed by atoms with E-state index in [1.165, 1.54) is 23.9 Å². The molecule has 2 aromatic carbocycles. The van der Waals surface area contributed by atoms with Crippen molar-refractivity contribution in [3.63, 3.8) is 0 Å². The molecule has 37 heavy (non-hydrogen) atoms. The molecule has 3 aromatic heterocycles. The van der Waals surface area contributed by atoms with Crippen molar-refractivity contribution in [2.45, 2.75) is 11.9 Å². The number of rotatable bonds is 7. The Balaban J connectivity index is 1.40. The van der Waals surface area contributed by atoms with Crippen molar-refractivity contribution >= 4 is 23.4 Å². The Morgan fingerprint density at radius 2 is 1.78 bits per heavy atom. The van der Waals surface area contributed by atoms with Gasteiger partial charge in [0, 0.05) is 29.5 Å². The minimum atomic E-state index is -0.436. The molecule has 184 valence electrons. The van der Waals surface area contributed by atoms with Gasteiger partial charge in [-0.1, -0.05) is 18.2 Å². The second-order valence-electron chi connectivity index (χ2n) is 8.45. The van der Waals surface area contributed by atoms with Crippen LogP contribution in [0.3, 0.4) is 0 Å². The molecule has 1 aliphatic heterocycles. The summed E-state index contributed by atoms with van der Waals surface area (Å²) in [6.45, 7) is 0.353. The van der Waals surface area contributed by atoms with Crippen molar-refractivity contribution in [2.75, 3.05) is 5.75 Å². The highest BCUT2D eigenvalue weighted by Crippen LogP contribution is 2.44. The number of carbonyl (C=O) groups excluding carboxylic acids is 1. The van der Waals surface area contributed by atoms with Crippen LogP contribution in [0, 0.1) is 10.1 Å². The topological polar surface area (TPSA) is 108 Å². The number of amides is 1. The molecule has 10 heteroatoms. The lowest BCUT2D eigenvalue weighted by molar-refractivity contribution is -0.384. The predicted octanol–water partition coefficient (Wildman–Crippen LogP) is 6.07. The third kappa shape index (κ3) is 4.43. The van der Waals surface area contributed by atoms with E-state index >= 15 is 0 Å². The largest absolute Gasteiger partial charge is 0.467 e. The summed E-state index contributed by atoms with van der Waals surface area (Å²) in [7, 11) is 0. The third-order valence-electron chi connectivity index (χ3n) is 6.11. The lowest BCUT2D eigenvalue weighted by atomic mass is 10.1. The van der Waals surface area contributed by atoms with Crippen LogP contribution in [0.1, 0.15) is 16.7 Å². The van der Waals surface area contributed by atoms with E-state index in [0.29, 0.717) is 40.8 Å². The zero-order valence-corrected chi connectivity index (χ0v) is 20.2. The van der Waals surface area contributed by atoms with Gasteiger partial charge in [-0.15, -0.1) is 11.8 Å². The highest BCUT2D eigenvalue weighted by molar-refractivity contribution is 8.00. The number of thioether (sulfide) groups is 1. The van der Waals surface area contributed by atoms with Gasteiger partial charge in [0.1, 0.15) is 22.6 Å². The molecule has 0 aliphatic carbocycles. The molecule has 9 nitrogen and oxygen atoms in total. The molecule has 0 spiro atoms. The van der Waals surface area contributed by atoms with Crippen molar-refractivity contribution in [1.82, 2.24) is 14.7 Å². The summed E-state index contributed by atoms with van der Waals surface area (Å²) in [5.74, 6) is 2.18. The molecule has 1 atom stereocenters. The van der Waals surface area contributed by atoms with Crippen molar-refractivity contribution in [2.24, 2.45) is 0 Å². The summed E-state index contributed by atoms with van der Waals surface area (Å²) < 4.78 is 13.5. The summed E-state index contributed by atoms with van der Waals surface area (Å²) in [5, 5.41) is 15.6. The first-order valence-electron chi connectivity index (χ1n) is 11.5. The fourth-order valence-corrected chi connectivity index (χ4v) is 5.48. The number of furan rings is 2. The molecule has 0 radical (unpaired) electrons. The second kappa shape index (κ2) is 9.47. The van der Waals surface area contributed by atoms with Crippen LogP contribution in [0.15, 0.2) is 100 Å². The van der Waals surface area contributed by atoms with E-state index in [1.807, 2.05) is 54.7 Å². The van der Waals surface area contributed by atoms with Crippen molar-refractivity contribution in [3.8, 4) is 28.5 Å². The van der Waals surface area contributed by atoms with Crippen molar-refractivity contribution < 1.29 is 18.6 Å². The van der Waals surface area contributed by atoms with Crippen LogP contribution in [0.5, 0.6) is 0 Å². The number of carbonyl (C=O) groups is 1. The Morgan fingerprint density at radius 3 is 2.51 bits per heavy atom. The molecule has 0 saturated carbocycles. The van der Waals surface area contributed by atoms with Gasteiger partial charge in [-0.05, 0) is 48.5 Å². The Hall–Kier alpha value is -4.57. The number of nitro groups is 1. The minimum absolute atomic E-state index is 0.0130. The number of nitrogens with zero attached hydrogens (tertiary/aromatic N) is 4. The van der Waals surface area contributed by atoms with E-state index in [0.717, 1.165) is 11.3 Å². The summed E-state index contributed by atoms with van der Waals surface area (Å²) in [6, 6.07) is 23.2. The standard InChI is InChI=1S/C27H20N4O5S/c32-25-17-37-27(29(25)15-21-7-4-14-35-21)22-16-30(19-5-2-1-3-6-19)28-26(22)24-13-12-23(36-24)18-8-10-20(11-9-18)31(33)34/h1-14,16,27H,15,17H2. The van der Waals surface area contributed by atoms with Crippen LogP contribution in [0.2, 0.25) is 0 Å². The molecule has 1 aliphatic rings. The van der Waals surface area contributed by atoms with Crippen LogP contribution >= 0.6 is 11.8 Å². The zero-order chi connectivity index (χ0) is 25.4. The minimum Gasteiger partial charge on any atom is -0.467 e. The van der Waals surface area contributed by atoms with Gasteiger partial charge in [0.15, 0.2) is 5.76 Å². The number of aromatic nitrogens is 2. The van der Waals surface area contributed by atoms with E-state index in [9.17, 15) is 14.9 Å². The zero-order valence-electron chi connectivity index (χ0n) is 19.4. The van der Waals surface area contributed by atoms with Crippen molar-refractivity contribution in [1.29, 1.82) is 0 Å². The first-order valence-corrected chi connectivity index (χ1v) is 12.6. The van der Waals surface area contributed by atoms with Gasteiger partial charge in [-0.2, -0.15) is 5.10 Å². The molecule has 0 N–H and O–H groups in total. The molecule has 0 bridgehead atoms. The summed E-state index contributed by atoms with van der Waals surface area (Å²) in [5.41, 5.74) is 3.07. The van der Waals surface area contributed by atoms with Crippen LogP contribution in [-0.2, 0) is 11.3 Å².